The smallest absolute Gasteiger partial charge is 0.0443 e. The van der Waals surface area contributed by atoms with Crippen molar-refractivity contribution in [2.45, 2.75) is 111 Å². The lowest BCUT2D eigenvalue weighted by molar-refractivity contribution is 0.394. The summed E-state index contributed by atoms with van der Waals surface area (Å²) in [6.07, 6.45) is 18.7. The molecule has 0 heteroatoms. The first kappa shape index (κ1) is 19.0. The van der Waals surface area contributed by atoms with Gasteiger partial charge < -0.3 is 0 Å². The maximum absolute atomic E-state index is 2.46. The van der Waals surface area contributed by atoms with Crippen LogP contribution in [0.4, 0.5) is 0 Å². The maximum atomic E-state index is 2.46. The molecule has 0 aromatic heterocycles. The lowest BCUT2D eigenvalue weighted by Crippen LogP contribution is -1.99. The van der Waals surface area contributed by atoms with Crippen molar-refractivity contribution in [3.8, 4) is 0 Å². The molecule has 0 spiro atoms. The van der Waals surface area contributed by atoms with E-state index in [0.29, 0.717) is 0 Å². The number of rotatable bonds is 14. The van der Waals surface area contributed by atoms with Gasteiger partial charge in [-0.25, -0.2) is 0 Å². The molecule has 0 aliphatic heterocycles. The van der Waals surface area contributed by atoms with Crippen LogP contribution in [0.1, 0.15) is 111 Å². The summed E-state index contributed by atoms with van der Waals surface area (Å²) in [7, 11) is 0. The molecule has 0 radical (unpaired) electrons. The third-order valence-corrected chi connectivity index (χ3v) is 4.49. The second-order valence-electron chi connectivity index (χ2n) is 6.84. The Bertz CT molecular complexity index is 161. The van der Waals surface area contributed by atoms with Crippen molar-refractivity contribution in [3.05, 3.63) is 0 Å². The molecule has 0 fully saturated rings. The van der Waals surface area contributed by atoms with Crippen LogP contribution in [-0.2, 0) is 0 Å². The van der Waals surface area contributed by atoms with Crippen LogP contribution in [0.25, 0.3) is 0 Å². The molecule has 0 aromatic carbocycles. The molecule has 0 nitrogen and oxygen atoms in total. The summed E-state index contributed by atoms with van der Waals surface area (Å²) < 4.78 is 0. The molecule has 116 valence electrons. The first-order chi connectivity index (χ1) is 9.20. The van der Waals surface area contributed by atoms with Crippen LogP contribution < -0.4 is 0 Å². The molecule has 0 saturated carbocycles. The van der Waals surface area contributed by atoms with Crippen molar-refractivity contribution >= 4 is 0 Å². The quantitative estimate of drug-likeness (QED) is 0.288. The van der Waals surface area contributed by atoms with Gasteiger partial charge in [0.2, 0.25) is 0 Å². The van der Waals surface area contributed by atoms with Crippen LogP contribution in [0, 0.1) is 11.8 Å². The number of hydrogen-bond acceptors (Lipinski definition) is 0. The second-order valence-corrected chi connectivity index (χ2v) is 6.84. The molecule has 0 aromatic rings. The maximum Gasteiger partial charge on any atom is -0.0443 e. The summed E-state index contributed by atoms with van der Waals surface area (Å²) in [6.45, 7) is 9.50. The lowest BCUT2D eigenvalue weighted by Gasteiger charge is -2.14. The molecular weight excluding hydrogens is 228 g/mol. The first-order valence-corrected chi connectivity index (χ1v) is 9.20. The van der Waals surface area contributed by atoms with Gasteiger partial charge in [-0.15, -0.1) is 0 Å². The Hall–Kier alpha value is 0. The largest absolute Gasteiger partial charge is 0.0654 e. The standard InChI is InChI=1S/C19H40/c1-5-7-9-10-11-12-15-19(4)17-13-16-18(3)14-8-6-2/h18-19H,5-17H2,1-4H3/t18?,19-/m0/s1. The SMILES string of the molecule is CCCCCCCC[C@H](C)CCCC(C)CCCC. The van der Waals surface area contributed by atoms with Gasteiger partial charge in [-0.1, -0.05) is 111 Å². The zero-order chi connectivity index (χ0) is 14.3. The highest BCUT2D eigenvalue weighted by molar-refractivity contribution is 4.58. The molecule has 1 unspecified atom stereocenters. The van der Waals surface area contributed by atoms with E-state index in [1.807, 2.05) is 0 Å². The molecular formula is C19H40. The van der Waals surface area contributed by atoms with Gasteiger partial charge in [0.25, 0.3) is 0 Å². The Morgan fingerprint density at radius 1 is 0.474 bits per heavy atom. The number of unbranched alkanes of at least 4 members (excludes halogenated alkanes) is 6. The van der Waals surface area contributed by atoms with E-state index in [1.165, 1.54) is 83.5 Å². The Labute approximate surface area is 123 Å². The van der Waals surface area contributed by atoms with E-state index in [1.54, 1.807) is 0 Å². The van der Waals surface area contributed by atoms with Crippen molar-refractivity contribution in [2.24, 2.45) is 11.8 Å². The first-order valence-electron chi connectivity index (χ1n) is 9.20. The number of hydrogen-bond donors (Lipinski definition) is 0. The minimum atomic E-state index is 0.959. The van der Waals surface area contributed by atoms with Gasteiger partial charge in [-0.05, 0) is 11.8 Å². The molecule has 0 rings (SSSR count). The highest BCUT2D eigenvalue weighted by Crippen LogP contribution is 2.20. The third-order valence-electron chi connectivity index (χ3n) is 4.49. The summed E-state index contributed by atoms with van der Waals surface area (Å²) in [6, 6.07) is 0. The molecule has 0 heterocycles. The predicted octanol–water partition coefficient (Wildman–Crippen LogP) is 7.37. The van der Waals surface area contributed by atoms with Gasteiger partial charge in [0.1, 0.15) is 0 Å². The highest BCUT2D eigenvalue weighted by Gasteiger charge is 2.05. The monoisotopic (exact) mass is 268 g/mol. The van der Waals surface area contributed by atoms with Gasteiger partial charge in [0.05, 0.1) is 0 Å². The Balaban J connectivity index is 3.27. The fraction of sp³-hybridized carbons (Fsp3) is 1.00. The highest BCUT2D eigenvalue weighted by atomic mass is 14.1. The van der Waals surface area contributed by atoms with E-state index < -0.39 is 0 Å². The van der Waals surface area contributed by atoms with Gasteiger partial charge >= 0.3 is 0 Å². The molecule has 0 bridgehead atoms. The van der Waals surface area contributed by atoms with Gasteiger partial charge in [0, 0.05) is 0 Å². The van der Waals surface area contributed by atoms with Crippen LogP contribution in [-0.4, -0.2) is 0 Å². The van der Waals surface area contributed by atoms with Crippen molar-refractivity contribution in [3.63, 3.8) is 0 Å². The van der Waals surface area contributed by atoms with E-state index in [4.69, 9.17) is 0 Å². The topological polar surface area (TPSA) is 0 Å². The van der Waals surface area contributed by atoms with Gasteiger partial charge in [-0.2, -0.15) is 0 Å². The van der Waals surface area contributed by atoms with E-state index in [-0.39, 0.29) is 0 Å². The fourth-order valence-electron chi connectivity index (χ4n) is 2.93. The van der Waals surface area contributed by atoms with Crippen molar-refractivity contribution in [1.82, 2.24) is 0 Å². The van der Waals surface area contributed by atoms with E-state index in [9.17, 15) is 0 Å². The minimum absolute atomic E-state index is 0.959. The van der Waals surface area contributed by atoms with E-state index >= 15 is 0 Å². The molecule has 0 saturated heterocycles. The fourth-order valence-corrected chi connectivity index (χ4v) is 2.93. The molecule has 0 aliphatic rings. The zero-order valence-electron chi connectivity index (χ0n) is 14.3. The van der Waals surface area contributed by atoms with Crippen LogP contribution in [0.3, 0.4) is 0 Å². The summed E-state index contributed by atoms with van der Waals surface area (Å²) in [5.74, 6) is 1.92. The van der Waals surface area contributed by atoms with Crippen LogP contribution in [0.5, 0.6) is 0 Å². The normalized spacial score (nSPS) is 14.5. The van der Waals surface area contributed by atoms with Crippen molar-refractivity contribution < 1.29 is 0 Å². The minimum Gasteiger partial charge on any atom is -0.0654 e. The molecule has 19 heavy (non-hydrogen) atoms. The third kappa shape index (κ3) is 14.2. The van der Waals surface area contributed by atoms with E-state index in [2.05, 4.69) is 27.7 Å². The molecule has 0 aliphatic carbocycles. The lowest BCUT2D eigenvalue weighted by atomic mass is 9.92. The Morgan fingerprint density at radius 2 is 0.895 bits per heavy atom. The van der Waals surface area contributed by atoms with Crippen LogP contribution >= 0.6 is 0 Å². The summed E-state index contributed by atoms with van der Waals surface area (Å²) in [4.78, 5) is 0. The zero-order valence-corrected chi connectivity index (χ0v) is 14.3. The van der Waals surface area contributed by atoms with Crippen LogP contribution in [0.15, 0.2) is 0 Å². The molecule has 2 atom stereocenters. The van der Waals surface area contributed by atoms with Crippen molar-refractivity contribution in [2.75, 3.05) is 0 Å². The van der Waals surface area contributed by atoms with Crippen LogP contribution in [0.2, 0.25) is 0 Å². The van der Waals surface area contributed by atoms with Gasteiger partial charge in [-0.3, -0.25) is 0 Å². The average Bonchev–Trinajstić information content (AvgIpc) is 2.40. The average molecular weight is 269 g/mol. The second kappa shape index (κ2) is 14.4. The Morgan fingerprint density at radius 3 is 1.47 bits per heavy atom. The summed E-state index contributed by atoms with van der Waals surface area (Å²) >= 11 is 0. The van der Waals surface area contributed by atoms with E-state index in [0.717, 1.165) is 11.8 Å². The Kier molecular flexibility index (Phi) is 14.4. The van der Waals surface area contributed by atoms with Gasteiger partial charge in [0.15, 0.2) is 0 Å². The molecule has 0 amide bonds. The summed E-state index contributed by atoms with van der Waals surface area (Å²) in [5, 5.41) is 0. The predicted molar refractivity (Wildman–Crippen MR) is 89.7 cm³/mol. The molecule has 0 N–H and O–H groups in total. The van der Waals surface area contributed by atoms with Crippen molar-refractivity contribution in [1.29, 1.82) is 0 Å². The summed E-state index contributed by atoms with van der Waals surface area (Å²) in [5.41, 5.74) is 0.